The first kappa shape index (κ1) is 24.9. The van der Waals surface area contributed by atoms with E-state index in [-0.39, 0.29) is 6.04 Å². The number of pyridine rings is 2. The van der Waals surface area contributed by atoms with Gasteiger partial charge in [0.15, 0.2) is 0 Å². The lowest BCUT2D eigenvalue weighted by Crippen LogP contribution is -2.31. The van der Waals surface area contributed by atoms with Crippen molar-refractivity contribution in [3.63, 3.8) is 0 Å². The Kier molecular flexibility index (Phi) is 7.58. The van der Waals surface area contributed by atoms with Crippen LogP contribution in [0.15, 0.2) is 89.8 Å². The number of aromatic nitrogens is 4. The first-order chi connectivity index (χ1) is 18.7. The van der Waals surface area contributed by atoms with Crippen LogP contribution in [0.5, 0.6) is 0 Å². The van der Waals surface area contributed by atoms with E-state index in [1.807, 2.05) is 30.7 Å². The normalized spacial score (nSPS) is 15.2. The number of aryl methyl sites for hydroxylation is 1. The molecule has 0 spiro atoms. The minimum absolute atomic E-state index is 0.272. The van der Waals surface area contributed by atoms with E-state index in [2.05, 4.69) is 90.7 Å². The molecule has 0 saturated heterocycles. The highest BCUT2D eigenvalue weighted by Gasteiger charge is 2.28. The Bertz CT molecular complexity index is 1480. The van der Waals surface area contributed by atoms with Crippen LogP contribution in [0.25, 0.3) is 11.0 Å². The third-order valence-corrected chi connectivity index (χ3v) is 8.02. The summed E-state index contributed by atoms with van der Waals surface area (Å²) in [6.45, 7) is 3.21. The molecule has 3 heterocycles. The highest BCUT2D eigenvalue weighted by atomic mass is 79.9. The van der Waals surface area contributed by atoms with Crippen molar-refractivity contribution < 1.29 is 0 Å². The van der Waals surface area contributed by atoms with Gasteiger partial charge in [0.2, 0.25) is 0 Å². The van der Waals surface area contributed by atoms with Gasteiger partial charge in [-0.2, -0.15) is 0 Å². The second-order valence-electron chi connectivity index (χ2n) is 9.95. The minimum atomic E-state index is 0.272. The van der Waals surface area contributed by atoms with Crippen molar-refractivity contribution in [2.75, 3.05) is 0 Å². The number of rotatable bonds is 9. The summed E-state index contributed by atoms with van der Waals surface area (Å²) in [6, 6.07) is 23.8. The first-order valence-corrected chi connectivity index (χ1v) is 14.0. The Hall–Kier alpha value is -3.39. The van der Waals surface area contributed by atoms with Crippen LogP contribution in [0.3, 0.4) is 0 Å². The van der Waals surface area contributed by atoms with Gasteiger partial charge in [-0.15, -0.1) is 0 Å². The molecule has 6 rings (SSSR count). The quantitative estimate of drug-likeness (QED) is 0.213. The molecule has 7 heteroatoms. The van der Waals surface area contributed by atoms with Gasteiger partial charge in [0, 0.05) is 42.7 Å². The largest absolute Gasteiger partial charge is 0.341 e. The SMILES string of the molecule is Brc1cnccc1CNCc1ccc(CN(Cc2nc3ccccc3[nH]2)C2CCCc3cccnc32)cc1. The number of hydrogen-bond acceptors (Lipinski definition) is 5. The minimum Gasteiger partial charge on any atom is -0.341 e. The van der Waals surface area contributed by atoms with E-state index in [0.29, 0.717) is 0 Å². The molecular weight excluding hydrogens is 536 g/mol. The molecule has 0 bridgehead atoms. The number of benzene rings is 2. The maximum absolute atomic E-state index is 4.89. The van der Waals surface area contributed by atoms with Crippen LogP contribution in [0, 0.1) is 0 Å². The number of nitrogens with zero attached hydrogens (tertiary/aromatic N) is 4. The van der Waals surface area contributed by atoms with E-state index in [1.54, 1.807) is 0 Å². The van der Waals surface area contributed by atoms with Gasteiger partial charge in [0.05, 0.1) is 29.3 Å². The zero-order valence-corrected chi connectivity index (χ0v) is 22.9. The smallest absolute Gasteiger partial charge is 0.121 e. The van der Waals surface area contributed by atoms with Crippen molar-refractivity contribution in [3.05, 3.63) is 124 Å². The maximum atomic E-state index is 4.89. The molecule has 2 aromatic carbocycles. The third kappa shape index (κ3) is 5.70. The van der Waals surface area contributed by atoms with Crippen LogP contribution in [0.1, 0.15) is 52.7 Å². The van der Waals surface area contributed by atoms with Crippen molar-refractivity contribution in [2.24, 2.45) is 0 Å². The van der Waals surface area contributed by atoms with E-state index in [9.17, 15) is 0 Å². The molecule has 0 radical (unpaired) electrons. The first-order valence-electron chi connectivity index (χ1n) is 13.2. The number of nitrogens with one attached hydrogen (secondary N) is 2. The summed E-state index contributed by atoms with van der Waals surface area (Å²) in [5.41, 5.74) is 8.47. The molecule has 0 aliphatic heterocycles. The van der Waals surface area contributed by atoms with Crippen LogP contribution in [-0.4, -0.2) is 24.8 Å². The number of imidazole rings is 1. The lowest BCUT2D eigenvalue weighted by Gasteiger charge is -2.34. The van der Waals surface area contributed by atoms with E-state index in [1.165, 1.54) is 34.4 Å². The molecule has 38 heavy (non-hydrogen) atoms. The number of hydrogen-bond donors (Lipinski definition) is 2. The molecule has 1 unspecified atom stereocenters. The number of para-hydroxylation sites is 2. The summed E-state index contributed by atoms with van der Waals surface area (Å²) in [6.07, 6.45) is 8.99. The monoisotopic (exact) mass is 566 g/mol. The zero-order chi connectivity index (χ0) is 25.7. The van der Waals surface area contributed by atoms with Crippen molar-refractivity contribution in [1.29, 1.82) is 0 Å². The van der Waals surface area contributed by atoms with Crippen LogP contribution in [0.2, 0.25) is 0 Å². The van der Waals surface area contributed by atoms with Crippen molar-refractivity contribution >= 4 is 27.0 Å². The standard InChI is InChI=1S/C31H31BrN6/c32-26-19-33-16-14-25(26)18-34-17-22-10-12-23(13-11-22)20-38(21-30-36-27-7-1-2-8-28(27)37-30)29-9-3-5-24-6-4-15-35-31(24)29/h1-2,4,6-8,10-16,19,29,34H,3,5,9,17-18,20-21H2,(H,36,37). The van der Waals surface area contributed by atoms with Gasteiger partial charge >= 0.3 is 0 Å². The lowest BCUT2D eigenvalue weighted by atomic mass is 9.90. The third-order valence-electron chi connectivity index (χ3n) is 7.31. The van der Waals surface area contributed by atoms with Gasteiger partial charge < -0.3 is 10.3 Å². The van der Waals surface area contributed by atoms with E-state index < -0.39 is 0 Å². The Labute approximate surface area is 231 Å². The van der Waals surface area contributed by atoms with Crippen LogP contribution < -0.4 is 5.32 Å². The zero-order valence-electron chi connectivity index (χ0n) is 21.3. The molecule has 0 saturated carbocycles. The lowest BCUT2D eigenvalue weighted by molar-refractivity contribution is 0.153. The molecule has 0 amide bonds. The molecule has 5 aromatic rings. The molecule has 6 nitrogen and oxygen atoms in total. The predicted molar refractivity (Wildman–Crippen MR) is 154 cm³/mol. The van der Waals surface area contributed by atoms with E-state index in [0.717, 1.165) is 60.4 Å². The highest BCUT2D eigenvalue weighted by Crippen LogP contribution is 2.34. The summed E-state index contributed by atoms with van der Waals surface area (Å²) < 4.78 is 1.03. The van der Waals surface area contributed by atoms with Crippen LogP contribution in [0.4, 0.5) is 0 Å². The van der Waals surface area contributed by atoms with Crippen LogP contribution >= 0.6 is 15.9 Å². The fourth-order valence-corrected chi connectivity index (χ4v) is 5.77. The van der Waals surface area contributed by atoms with Gasteiger partial charge in [-0.25, -0.2) is 4.98 Å². The molecule has 3 aromatic heterocycles. The summed E-state index contributed by atoms with van der Waals surface area (Å²) in [5.74, 6) is 0.998. The summed E-state index contributed by atoms with van der Waals surface area (Å²) >= 11 is 3.57. The predicted octanol–water partition coefficient (Wildman–Crippen LogP) is 6.49. The molecule has 1 aliphatic carbocycles. The fourth-order valence-electron chi connectivity index (χ4n) is 5.38. The number of H-pyrrole nitrogens is 1. The van der Waals surface area contributed by atoms with Gasteiger partial charge in [-0.1, -0.05) is 42.5 Å². The Morgan fingerprint density at radius 1 is 0.921 bits per heavy atom. The van der Waals surface area contributed by atoms with Crippen molar-refractivity contribution in [3.8, 4) is 0 Å². The molecule has 1 aliphatic rings. The summed E-state index contributed by atoms with van der Waals surface area (Å²) in [7, 11) is 0. The average molecular weight is 568 g/mol. The Morgan fingerprint density at radius 2 is 1.79 bits per heavy atom. The molecule has 192 valence electrons. The van der Waals surface area contributed by atoms with Gasteiger partial charge in [0.1, 0.15) is 5.82 Å². The molecule has 0 fully saturated rings. The van der Waals surface area contributed by atoms with Gasteiger partial charge in [0.25, 0.3) is 0 Å². The van der Waals surface area contributed by atoms with Crippen LogP contribution in [-0.2, 0) is 32.6 Å². The van der Waals surface area contributed by atoms with Gasteiger partial charge in [-0.3, -0.25) is 14.9 Å². The Balaban J connectivity index is 1.19. The Morgan fingerprint density at radius 3 is 2.66 bits per heavy atom. The molecule has 2 N–H and O–H groups in total. The van der Waals surface area contributed by atoms with Gasteiger partial charge in [-0.05, 0) is 81.7 Å². The van der Waals surface area contributed by atoms with Crippen molar-refractivity contribution in [2.45, 2.75) is 51.5 Å². The topological polar surface area (TPSA) is 69.7 Å². The fraction of sp³-hybridized carbons (Fsp3) is 0.258. The van der Waals surface area contributed by atoms with E-state index >= 15 is 0 Å². The summed E-state index contributed by atoms with van der Waals surface area (Å²) in [4.78, 5) is 19.9. The second kappa shape index (κ2) is 11.6. The number of aromatic amines is 1. The second-order valence-corrected chi connectivity index (χ2v) is 10.8. The van der Waals surface area contributed by atoms with Crippen molar-refractivity contribution in [1.82, 2.24) is 30.2 Å². The average Bonchev–Trinajstić information content (AvgIpc) is 3.37. The van der Waals surface area contributed by atoms with E-state index in [4.69, 9.17) is 9.97 Å². The maximum Gasteiger partial charge on any atom is 0.121 e. The highest BCUT2D eigenvalue weighted by molar-refractivity contribution is 9.10. The number of halogens is 1. The number of fused-ring (bicyclic) bond motifs is 2. The summed E-state index contributed by atoms with van der Waals surface area (Å²) in [5, 5.41) is 3.54. The molecule has 1 atom stereocenters. The molecular formula is C31H31BrN6.